The summed E-state index contributed by atoms with van der Waals surface area (Å²) in [5.41, 5.74) is 0.787. The monoisotopic (exact) mass is 494 g/mol. The first-order valence-corrected chi connectivity index (χ1v) is 11.8. The third-order valence-corrected chi connectivity index (χ3v) is 6.77. The molecule has 1 aliphatic rings. The van der Waals surface area contributed by atoms with E-state index < -0.39 is 0 Å². The van der Waals surface area contributed by atoms with Gasteiger partial charge in [-0.2, -0.15) is 0 Å². The summed E-state index contributed by atoms with van der Waals surface area (Å²) in [7, 11) is 0. The number of rotatable bonds is 8. The molecule has 1 fully saturated rings. The van der Waals surface area contributed by atoms with Gasteiger partial charge < -0.3 is 5.32 Å². The van der Waals surface area contributed by atoms with Crippen molar-refractivity contribution in [2.24, 2.45) is 0 Å². The summed E-state index contributed by atoms with van der Waals surface area (Å²) in [6.45, 7) is 0.597. The molecular formula is C20H19BrN2O2S3. The van der Waals surface area contributed by atoms with Gasteiger partial charge in [0.1, 0.15) is 4.32 Å². The molecule has 0 bridgehead atoms. The maximum absolute atomic E-state index is 12.5. The smallest absolute Gasteiger partial charge is 0.266 e. The zero-order valence-electron chi connectivity index (χ0n) is 15.0. The number of thiophene rings is 1. The molecule has 1 aliphatic heterocycles. The SMILES string of the molecule is O=C(CCCCCN1C(=O)/C(=C\c2cccs2)SC1=S)Nc1cccc(Br)c1. The van der Waals surface area contributed by atoms with Crippen molar-refractivity contribution in [3.05, 3.63) is 56.0 Å². The van der Waals surface area contributed by atoms with Crippen LogP contribution in [0.5, 0.6) is 0 Å². The second kappa shape index (κ2) is 10.3. The lowest BCUT2D eigenvalue weighted by Gasteiger charge is -2.14. The Morgan fingerprint density at radius 1 is 1.21 bits per heavy atom. The molecule has 2 amide bonds. The molecular weight excluding hydrogens is 476 g/mol. The molecule has 1 aromatic heterocycles. The molecule has 0 atom stereocenters. The molecule has 4 nitrogen and oxygen atoms in total. The number of anilines is 1. The van der Waals surface area contributed by atoms with Crippen molar-refractivity contribution in [3.63, 3.8) is 0 Å². The molecule has 3 rings (SSSR count). The molecule has 1 aromatic carbocycles. The fraction of sp³-hybridized carbons (Fsp3) is 0.250. The van der Waals surface area contributed by atoms with Crippen LogP contribution in [0.1, 0.15) is 30.6 Å². The number of carbonyl (C=O) groups excluding carboxylic acids is 2. The summed E-state index contributed by atoms with van der Waals surface area (Å²) < 4.78 is 1.54. The molecule has 2 heterocycles. The Balaban J connectivity index is 1.38. The van der Waals surface area contributed by atoms with Crippen molar-refractivity contribution in [1.29, 1.82) is 0 Å². The summed E-state index contributed by atoms with van der Waals surface area (Å²) in [6, 6.07) is 11.5. The number of unbranched alkanes of at least 4 members (excludes halogenated alkanes) is 2. The van der Waals surface area contributed by atoms with E-state index in [1.54, 1.807) is 16.2 Å². The summed E-state index contributed by atoms with van der Waals surface area (Å²) in [4.78, 5) is 28.0. The van der Waals surface area contributed by atoms with Crippen molar-refractivity contribution in [2.75, 3.05) is 11.9 Å². The zero-order chi connectivity index (χ0) is 19.9. The van der Waals surface area contributed by atoms with Crippen LogP contribution in [0.3, 0.4) is 0 Å². The van der Waals surface area contributed by atoms with Gasteiger partial charge in [-0.25, -0.2) is 0 Å². The number of nitrogens with one attached hydrogen (secondary N) is 1. The number of hydrogen-bond acceptors (Lipinski definition) is 5. The number of benzene rings is 1. The minimum absolute atomic E-state index is 0.00240. The summed E-state index contributed by atoms with van der Waals surface area (Å²) in [5.74, 6) is -0.0154. The third kappa shape index (κ3) is 6.01. The standard InChI is InChI=1S/C20H19BrN2O2S3/c21-14-6-4-7-15(12-14)22-18(24)9-2-1-3-10-23-19(25)17(28-20(23)26)13-16-8-5-11-27-16/h4-8,11-13H,1-3,9-10H2,(H,22,24)/b17-13+. The van der Waals surface area contributed by atoms with Gasteiger partial charge in [-0.15, -0.1) is 11.3 Å². The molecule has 0 aliphatic carbocycles. The van der Waals surface area contributed by atoms with Crippen LogP contribution in [-0.2, 0) is 9.59 Å². The van der Waals surface area contributed by atoms with E-state index in [0.29, 0.717) is 22.2 Å². The Kier molecular flexibility index (Phi) is 7.84. The first kappa shape index (κ1) is 21.2. The third-order valence-electron chi connectivity index (χ3n) is 4.08. The topological polar surface area (TPSA) is 49.4 Å². The first-order valence-electron chi connectivity index (χ1n) is 8.87. The van der Waals surface area contributed by atoms with E-state index in [2.05, 4.69) is 21.2 Å². The van der Waals surface area contributed by atoms with Gasteiger partial charge in [-0.3, -0.25) is 14.5 Å². The largest absolute Gasteiger partial charge is 0.326 e. The molecule has 0 saturated carbocycles. The molecule has 28 heavy (non-hydrogen) atoms. The predicted molar refractivity (Wildman–Crippen MR) is 125 cm³/mol. The molecule has 8 heteroatoms. The van der Waals surface area contributed by atoms with Crippen molar-refractivity contribution in [1.82, 2.24) is 4.90 Å². The highest BCUT2D eigenvalue weighted by atomic mass is 79.9. The van der Waals surface area contributed by atoms with Crippen molar-refractivity contribution >= 4 is 79.1 Å². The number of thiocarbonyl (C=S) groups is 1. The van der Waals surface area contributed by atoms with Crippen molar-refractivity contribution < 1.29 is 9.59 Å². The van der Waals surface area contributed by atoms with Crippen LogP contribution in [-0.4, -0.2) is 27.6 Å². The van der Waals surface area contributed by atoms with E-state index in [1.165, 1.54) is 11.8 Å². The van der Waals surface area contributed by atoms with Crippen molar-refractivity contribution in [2.45, 2.75) is 25.7 Å². The van der Waals surface area contributed by atoms with Gasteiger partial charge in [0.05, 0.1) is 4.91 Å². The molecule has 0 unspecified atom stereocenters. The lowest BCUT2D eigenvalue weighted by atomic mass is 10.1. The first-order chi connectivity index (χ1) is 13.5. The summed E-state index contributed by atoms with van der Waals surface area (Å²) >= 11 is 11.7. The molecule has 0 spiro atoms. The van der Waals surface area contributed by atoms with Crippen LogP contribution in [0.4, 0.5) is 5.69 Å². The van der Waals surface area contributed by atoms with Crippen LogP contribution in [0.2, 0.25) is 0 Å². The van der Waals surface area contributed by atoms with E-state index >= 15 is 0 Å². The second-order valence-corrected chi connectivity index (χ2v) is 9.79. The maximum Gasteiger partial charge on any atom is 0.266 e. The van der Waals surface area contributed by atoms with Crippen LogP contribution in [0.25, 0.3) is 6.08 Å². The van der Waals surface area contributed by atoms with Gasteiger partial charge in [0.2, 0.25) is 5.91 Å². The molecule has 2 aromatic rings. The van der Waals surface area contributed by atoms with E-state index in [0.717, 1.165) is 34.3 Å². The minimum Gasteiger partial charge on any atom is -0.326 e. The Morgan fingerprint density at radius 2 is 2.07 bits per heavy atom. The van der Waals surface area contributed by atoms with E-state index in [-0.39, 0.29) is 11.8 Å². The highest BCUT2D eigenvalue weighted by Gasteiger charge is 2.31. The van der Waals surface area contributed by atoms with Gasteiger partial charge in [0.15, 0.2) is 0 Å². The van der Waals surface area contributed by atoms with Gasteiger partial charge in [0, 0.05) is 28.0 Å². The van der Waals surface area contributed by atoms with Gasteiger partial charge in [-0.1, -0.05) is 58.5 Å². The second-order valence-electron chi connectivity index (χ2n) is 6.22. The number of thioether (sulfide) groups is 1. The number of carbonyl (C=O) groups is 2. The van der Waals surface area contributed by atoms with E-state index in [1.807, 2.05) is 47.9 Å². The normalized spacial score (nSPS) is 15.5. The average Bonchev–Trinajstić information content (AvgIpc) is 3.25. The highest BCUT2D eigenvalue weighted by Crippen LogP contribution is 2.33. The molecule has 1 N–H and O–H groups in total. The Bertz CT molecular complexity index is 897. The average molecular weight is 495 g/mol. The summed E-state index contributed by atoms with van der Waals surface area (Å²) in [6.07, 6.45) is 4.83. The fourth-order valence-electron chi connectivity index (χ4n) is 2.72. The Morgan fingerprint density at radius 3 is 2.82 bits per heavy atom. The van der Waals surface area contributed by atoms with E-state index in [4.69, 9.17) is 12.2 Å². The van der Waals surface area contributed by atoms with E-state index in [9.17, 15) is 9.59 Å². The Labute approximate surface area is 186 Å². The van der Waals surface area contributed by atoms with Gasteiger partial charge in [-0.05, 0) is 48.6 Å². The number of nitrogens with zero attached hydrogens (tertiary/aromatic N) is 1. The van der Waals surface area contributed by atoms with Crippen molar-refractivity contribution in [3.8, 4) is 0 Å². The quantitative estimate of drug-likeness (QED) is 0.281. The zero-order valence-corrected chi connectivity index (χ0v) is 19.1. The minimum atomic E-state index is -0.0178. The van der Waals surface area contributed by atoms with Gasteiger partial charge >= 0.3 is 0 Å². The lowest BCUT2D eigenvalue weighted by Crippen LogP contribution is -2.29. The lowest BCUT2D eigenvalue weighted by molar-refractivity contribution is -0.122. The summed E-state index contributed by atoms with van der Waals surface area (Å²) in [5, 5.41) is 4.88. The van der Waals surface area contributed by atoms with Crippen LogP contribution >= 0.6 is 51.2 Å². The number of halogens is 1. The maximum atomic E-state index is 12.5. The Hall–Kier alpha value is -1.48. The van der Waals surface area contributed by atoms with Crippen LogP contribution in [0, 0.1) is 0 Å². The number of amides is 2. The molecule has 146 valence electrons. The highest BCUT2D eigenvalue weighted by molar-refractivity contribution is 9.10. The molecule has 0 radical (unpaired) electrons. The van der Waals surface area contributed by atoms with Gasteiger partial charge in [0.25, 0.3) is 5.91 Å². The van der Waals surface area contributed by atoms with Crippen LogP contribution < -0.4 is 5.32 Å². The number of hydrogen-bond donors (Lipinski definition) is 1. The fourth-order valence-corrected chi connectivity index (χ4v) is 5.15. The predicted octanol–water partition coefficient (Wildman–Crippen LogP) is 5.91. The van der Waals surface area contributed by atoms with Crippen LogP contribution in [0.15, 0.2) is 51.2 Å². The molecule has 1 saturated heterocycles.